The lowest BCUT2D eigenvalue weighted by molar-refractivity contribution is 0.213. The molecule has 0 aliphatic heterocycles. The van der Waals surface area contributed by atoms with Gasteiger partial charge in [-0.15, -0.1) is 0 Å². The zero-order chi connectivity index (χ0) is 8.53. The van der Waals surface area contributed by atoms with Crippen LogP contribution in [0.4, 0.5) is 0 Å². The molecule has 0 saturated carbocycles. The van der Waals surface area contributed by atoms with Crippen LogP contribution < -0.4 is 0 Å². The lowest BCUT2D eigenvalue weighted by Gasteiger charge is -2.06. The third-order valence-electron chi connectivity index (χ3n) is 1.83. The van der Waals surface area contributed by atoms with Crippen LogP contribution >= 0.6 is 0 Å². The molecule has 0 aliphatic rings. The number of hydrogen-bond donors (Lipinski definition) is 0. The van der Waals surface area contributed by atoms with Crippen molar-refractivity contribution in [2.75, 3.05) is 7.11 Å². The summed E-state index contributed by atoms with van der Waals surface area (Å²) in [6.07, 6.45) is 6.86. The molecule has 0 heterocycles. The Balaban J connectivity index is 3.48. The molecule has 0 fully saturated rings. The van der Waals surface area contributed by atoms with E-state index < -0.39 is 0 Å². The minimum absolute atomic E-state index is 0.606. The molecule has 66 valence electrons. The minimum atomic E-state index is 0.606. The maximum absolute atomic E-state index is 4.62. The molecule has 0 saturated heterocycles. The summed E-state index contributed by atoms with van der Waals surface area (Å²) >= 11 is 0. The van der Waals surface area contributed by atoms with Crippen LogP contribution in [0, 0.1) is 5.92 Å². The van der Waals surface area contributed by atoms with Gasteiger partial charge in [0, 0.05) is 6.21 Å². The Morgan fingerprint density at radius 2 is 2.18 bits per heavy atom. The number of hydrogen-bond acceptors (Lipinski definition) is 2. The molecule has 0 bridgehead atoms. The van der Waals surface area contributed by atoms with E-state index in [-0.39, 0.29) is 0 Å². The van der Waals surface area contributed by atoms with Gasteiger partial charge in [-0.3, -0.25) is 0 Å². The molecule has 11 heavy (non-hydrogen) atoms. The van der Waals surface area contributed by atoms with E-state index in [1.807, 2.05) is 6.21 Å². The summed E-state index contributed by atoms with van der Waals surface area (Å²) in [4.78, 5) is 4.62. The summed E-state index contributed by atoms with van der Waals surface area (Å²) in [7, 11) is 1.59. The van der Waals surface area contributed by atoms with Gasteiger partial charge in [-0.1, -0.05) is 31.8 Å². The van der Waals surface area contributed by atoms with Crippen molar-refractivity contribution in [3.8, 4) is 0 Å². The first-order chi connectivity index (χ1) is 5.35. The Morgan fingerprint density at radius 1 is 1.45 bits per heavy atom. The first-order valence-electron chi connectivity index (χ1n) is 4.41. The Labute approximate surface area is 69.6 Å². The summed E-state index contributed by atoms with van der Waals surface area (Å²) in [5.74, 6) is 0.606. The second kappa shape index (κ2) is 7.58. The lowest BCUT2D eigenvalue weighted by atomic mass is 10.0. The largest absolute Gasteiger partial charge is 0.399 e. The Kier molecular flexibility index (Phi) is 7.21. The topological polar surface area (TPSA) is 21.6 Å². The van der Waals surface area contributed by atoms with Crippen molar-refractivity contribution < 1.29 is 4.84 Å². The van der Waals surface area contributed by atoms with Gasteiger partial charge < -0.3 is 4.84 Å². The normalized spacial score (nSPS) is 13.7. The molecule has 0 aliphatic carbocycles. The van der Waals surface area contributed by atoms with Gasteiger partial charge in [0.1, 0.15) is 7.11 Å². The third-order valence-corrected chi connectivity index (χ3v) is 1.83. The number of unbranched alkanes of at least 4 members (excludes halogenated alkanes) is 1. The van der Waals surface area contributed by atoms with Crippen molar-refractivity contribution in [1.82, 2.24) is 0 Å². The highest BCUT2D eigenvalue weighted by Gasteiger charge is 2.00. The predicted octanol–water partition coefficient (Wildman–Crippen LogP) is 2.84. The van der Waals surface area contributed by atoms with E-state index in [9.17, 15) is 0 Å². The molecule has 0 spiro atoms. The number of rotatable bonds is 6. The van der Waals surface area contributed by atoms with E-state index in [2.05, 4.69) is 23.8 Å². The molecular weight excluding hydrogens is 138 g/mol. The average Bonchev–Trinajstić information content (AvgIpc) is 2.05. The second-order valence-corrected chi connectivity index (χ2v) is 2.75. The van der Waals surface area contributed by atoms with Gasteiger partial charge in [0.15, 0.2) is 0 Å². The Hall–Kier alpha value is -0.530. The standard InChI is InChI=1S/C9H19NO/c1-4-6-7-9(5-2)8-10-11-3/h8-9H,4-7H2,1-3H3/b10-8+. The van der Waals surface area contributed by atoms with E-state index in [1.54, 1.807) is 7.11 Å². The zero-order valence-corrected chi connectivity index (χ0v) is 7.84. The summed E-state index contributed by atoms with van der Waals surface area (Å²) in [6, 6.07) is 0. The zero-order valence-electron chi connectivity index (χ0n) is 7.84. The van der Waals surface area contributed by atoms with Crippen LogP contribution in [-0.4, -0.2) is 13.3 Å². The van der Waals surface area contributed by atoms with Crippen LogP contribution in [0.3, 0.4) is 0 Å². The SMILES string of the molecule is CCCCC(/C=N/OC)CC. The maximum atomic E-state index is 4.62. The van der Waals surface area contributed by atoms with Gasteiger partial charge in [0.25, 0.3) is 0 Å². The molecule has 0 radical (unpaired) electrons. The van der Waals surface area contributed by atoms with E-state index in [4.69, 9.17) is 0 Å². The monoisotopic (exact) mass is 157 g/mol. The smallest absolute Gasteiger partial charge is 0.106 e. The summed E-state index contributed by atoms with van der Waals surface area (Å²) in [5, 5.41) is 3.77. The highest BCUT2D eigenvalue weighted by atomic mass is 16.6. The Bertz CT molecular complexity index is 102. The molecule has 1 atom stereocenters. The average molecular weight is 157 g/mol. The van der Waals surface area contributed by atoms with Gasteiger partial charge >= 0.3 is 0 Å². The van der Waals surface area contributed by atoms with Crippen LogP contribution in [0.5, 0.6) is 0 Å². The second-order valence-electron chi connectivity index (χ2n) is 2.75. The van der Waals surface area contributed by atoms with Gasteiger partial charge in [-0.2, -0.15) is 0 Å². The molecule has 0 aromatic heterocycles. The van der Waals surface area contributed by atoms with E-state index in [0.29, 0.717) is 5.92 Å². The van der Waals surface area contributed by atoms with Crippen molar-refractivity contribution >= 4 is 6.21 Å². The summed E-state index contributed by atoms with van der Waals surface area (Å²) in [6.45, 7) is 4.39. The predicted molar refractivity (Wildman–Crippen MR) is 48.8 cm³/mol. The Morgan fingerprint density at radius 3 is 2.64 bits per heavy atom. The highest BCUT2D eigenvalue weighted by molar-refractivity contribution is 5.59. The van der Waals surface area contributed by atoms with Gasteiger partial charge in [-0.25, -0.2) is 0 Å². The fourth-order valence-electron chi connectivity index (χ4n) is 0.997. The lowest BCUT2D eigenvalue weighted by Crippen LogP contribution is -2.00. The molecule has 0 rings (SSSR count). The van der Waals surface area contributed by atoms with Crippen molar-refractivity contribution in [1.29, 1.82) is 0 Å². The van der Waals surface area contributed by atoms with E-state index in [0.717, 1.165) is 6.42 Å². The quantitative estimate of drug-likeness (QED) is 0.429. The molecule has 0 aromatic carbocycles. The summed E-state index contributed by atoms with van der Waals surface area (Å²) < 4.78 is 0. The fraction of sp³-hybridized carbons (Fsp3) is 0.889. The molecule has 2 nitrogen and oxygen atoms in total. The van der Waals surface area contributed by atoms with Crippen LogP contribution in [0.15, 0.2) is 5.16 Å². The van der Waals surface area contributed by atoms with E-state index >= 15 is 0 Å². The van der Waals surface area contributed by atoms with Crippen LogP contribution in [0.1, 0.15) is 39.5 Å². The fourth-order valence-corrected chi connectivity index (χ4v) is 0.997. The molecule has 0 N–H and O–H groups in total. The van der Waals surface area contributed by atoms with Crippen LogP contribution in [0.2, 0.25) is 0 Å². The van der Waals surface area contributed by atoms with Gasteiger partial charge in [0.05, 0.1) is 0 Å². The minimum Gasteiger partial charge on any atom is -0.399 e. The van der Waals surface area contributed by atoms with Crippen molar-refractivity contribution in [2.24, 2.45) is 11.1 Å². The molecular formula is C9H19NO. The first-order valence-corrected chi connectivity index (χ1v) is 4.41. The van der Waals surface area contributed by atoms with Crippen molar-refractivity contribution in [3.63, 3.8) is 0 Å². The first kappa shape index (κ1) is 10.5. The van der Waals surface area contributed by atoms with E-state index in [1.165, 1.54) is 19.3 Å². The number of nitrogens with zero attached hydrogens (tertiary/aromatic N) is 1. The van der Waals surface area contributed by atoms with Gasteiger partial charge in [0.2, 0.25) is 0 Å². The highest BCUT2D eigenvalue weighted by Crippen LogP contribution is 2.09. The number of oxime groups is 1. The molecule has 0 amide bonds. The molecule has 1 unspecified atom stereocenters. The van der Waals surface area contributed by atoms with Crippen LogP contribution in [0.25, 0.3) is 0 Å². The molecule has 0 aromatic rings. The third kappa shape index (κ3) is 5.89. The van der Waals surface area contributed by atoms with Crippen molar-refractivity contribution in [2.45, 2.75) is 39.5 Å². The van der Waals surface area contributed by atoms with Crippen LogP contribution in [-0.2, 0) is 4.84 Å². The van der Waals surface area contributed by atoms with Gasteiger partial charge in [-0.05, 0) is 18.8 Å². The van der Waals surface area contributed by atoms with Crippen molar-refractivity contribution in [3.05, 3.63) is 0 Å². The molecule has 2 heteroatoms. The summed E-state index contributed by atoms with van der Waals surface area (Å²) in [5.41, 5.74) is 0. The maximum Gasteiger partial charge on any atom is 0.106 e.